The van der Waals surface area contributed by atoms with Gasteiger partial charge in [-0.1, -0.05) is 0 Å². The molecule has 0 unspecified atom stereocenters. The smallest absolute Gasteiger partial charge is 0.323 e. The molecule has 3 heterocycles. The van der Waals surface area contributed by atoms with Crippen LogP contribution in [0.15, 0.2) is 48.7 Å². The first-order chi connectivity index (χ1) is 14.0. The maximum atomic E-state index is 13.1. The molecular formula is C21H21FN6O. The molecule has 0 radical (unpaired) electrons. The number of carbonyl (C=O) groups excluding carboxylic acids is 1. The van der Waals surface area contributed by atoms with Crippen molar-refractivity contribution in [3.05, 3.63) is 66.0 Å². The van der Waals surface area contributed by atoms with E-state index in [1.54, 1.807) is 35.4 Å². The van der Waals surface area contributed by atoms with Crippen LogP contribution in [0.5, 0.6) is 0 Å². The van der Waals surface area contributed by atoms with Gasteiger partial charge in [-0.2, -0.15) is 0 Å². The van der Waals surface area contributed by atoms with Gasteiger partial charge < -0.3 is 10.6 Å². The van der Waals surface area contributed by atoms with Gasteiger partial charge in [0.1, 0.15) is 11.6 Å². The largest absolute Gasteiger partial charge is 0.396 e. The van der Waals surface area contributed by atoms with Gasteiger partial charge in [0.15, 0.2) is 5.82 Å². The number of pyridine rings is 1. The number of halogens is 1. The Bertz CT molecular complexity index is 1030. The Labute approximate surface area is 167 Å². The fourth-order valence-electron chi connectivity index (χ4n) is 3.25. The maximum Gasteiger partial charge on any atom is 0.323 e. The molecular weight excluding hydrogens is 371 g/mol. The van der Waals surface area contributed by atoms with Crippen LogP contribution < -0.4 is 11.1 Å². The Morgan fingerprint density at radius 3 is 2.66 bits per heavy atom. The minimum absolute atomic E-state index is 0.248. The highest BCUT2D eigenvalue weighted by Crippen LogP contribution is 2.25. The minimum atomic E-state index is -0.318. The zero-order valence-corrected chi connectivity index (χ0v) is 16.0. The summed E-state index contributed by atoms with van der Waals surface area (Å²) >= 11 is 0. The third-order valence-electron chi connectivity index (χ3n) is 4.85. The molecule has 8 heteroatoms. The summed E-state index contributed by atoms with van der Waals surface area (Å²) in [5.41, 5.74) is 8.62. The zero-order valence-electron chi connectivity index (χ0n) is 16.0. The molecule has 0 spiro atoms. The van der Waals surface area contributed by atoms with Crippen LogP contribution in [0.1, 0.15) is 11.5 Å². The summed E-state index contributed by atoms with van der Waals surface area (Å²) in [5, 5.41) is 2.77. The molecule has 148 valence electrons. The van der Waals surface area contributed by atoms with Gasteiger partial charge in [-0.05, 0) is 49.4 Å². The first-order valence-corrected chi connectivity index (χ1v) is 9.35. The number of nitrogen functional groups attached to an aromatic ring is 1. The summed E-state index contributed by atoms with van der Waals surface area (Å²) in [6.07, 6.45) is 2.50. The number of benzene rings is 1. The summed E-state index contributed by atoms with van der Waals surface area (Å²) in [7, 11) is 0. The van der Waals surface area contributed by atoms with E-state index in [1.807, 2.05) is 13.0 Å². The summed E-state index contributed by atoms with van der Waals surface area (Å²) < 4.78 is 13.1. The lowest BCUT2D eigenvalue weighted by atomic mass is 9.96. The molecule has 2 aromatic heterocycles. The van der Waals surface area contributed by atoms with Gasteiger partial charge in [-0.25, -0.2) is 24.1 Å². The highest BCUT2D eigenvalue weighted by Gasteiger charge is 2.31. The van der Waals surface area contributed by atoms with Crippen LogP contribution in [0.2, 0.25) is 0 Å². The standard InChI is InChI=1S/C21H21FN6O/c1-13-8-9-24-19(25-13)10-14-11-28(12-14)21(29)27-20-17(23)6-7-18(26-20)15-2-4-16(22)5-3-15/h2-9,14H,10-12,23H2,1H3,(H,26,27,29). The van der Waals surface area contributed by atoms with Gasteiger partial charge in [0.2, 0.25) is 0 Å². The van der Waals surface area contributed by atoms with Crippen molar-refractivity contribution < 1.29 is 9.18 Å². The molecule has 1 aliphatic rings. The van der Waals surface area contributed by atoms with Crippen molar-refractivity contribution in [1.29, 1.82) is 0 Å². The molecule has 1 fully saturated rings. The van der Waals surface area contributed by atoms with Crippen LogP contribution in [0.4, 0.5) is 20.7 Å². The number of aryl methyl sites for hydroxylation is 1. The molecule has 3 aromatic rings. The van der Waals surface area contributed by atoms with Crippen LogP contribution in [0, 0.1) is 18.7 Å². The molecule has 1 aromatic carbocycles. The van der Waals surface area contributed by atoms with E-state index < -0.39 is 0 Å². The van der Waals surface area contributed by atoms with Gasteiger partial charge >= 0.3 is 6.03 Å². The van der Waals surface area contributed by atoms with Crippen molar-refractivity contribution >= 4 is 17.5 Å². The third-order valence-corrected chi connectivity index (χ3v) is 4.85. The Kier molecular flexibility index (Phi) is 5.07. The highest BCUT2D eigenvalue weighted by atomic mass is 19.1. The van der Waals surface area contributed by atoms with E-state index in [-0.39, 0.29) is 11.8 Å². The second-order valence-corrected chi connectivity index (χ2v) is 7.16. The summed E-state index contributed by atoms with van der Waals surface area (Å²) in [6.45, 7) is 3.19. The predicted molar refractivity (Wildman–Crippen MR) is 109 cm³/mol. The van der Waals surface area contributed by atoms with Crippen LogP contribution in [-0.4, -0.2) is 39.0 Å². The van der Waals surface area contributed by atoms with Crippen LogP contribution in [0.25, 0.3) is 11.3 Å². The predicted octanol–water partition coefficient (Wildman–Crippen LogP) is 3.27. The van der Waals surface area contributed by atoms with Gasteiger partial charge in [-0.3, -0.25) is 5.32 Å². The minimum Gasteiger partial charge on any atom is -0.396 e. The average molecular weight is 392 g/mol. The Balaban J connectivity index is 1.37. The Morgan fingerprint density at radius 1 is 1.17 bits per heavy atom. The molecule has 0 aliphatic carbocycles. The number of nitrogens with one attached hydrogen (secondary N) is 1. The normalized spacial score (nSPS) is 13.8. The number of hydrogen-bond donors (Lipinski definition) is 2. The van der Waals surface area contributed by atoms with E-state index >= 15 is 0 Å². The fraction of sp³-hybridized carbons (Fsp3) is 0.238. The molecule has 3 N–H and O–H groups in total. The lowest BCUT2D eigenvalue weighted by molar-refractivity contribution is 0.129. The first kappa shape index (κ1) is 18.8. The number of anilines is 2. The van der Waals surface area contributed by atoms with Crippen LogP contribution in [0.3, 0.4) is 0 Å². The molecule has 1 aliphatic heterocycles. The number of nitrogens with two attached hydrogens (primary N) is 1. The molecule has 0 bridgehead atoms. The number of urea groups is 1. The molecule has 0 atom stereocenters. The van der Waals surface area contributed by atoms with Gasteiger partial charge in [0.25, 0.3) is 0 Å². The number of carbonyl (C=O) groups is 1. The quantitative estimate of drug-likeness (QED) is 0.710. The Hall–Kier alpha value is -3.55. The second kappa shape index (κ2) is 7.83. The van der Waals surface area contributed by atoms with Crippen molar-refractivity contribution in [2.45, 2.75) is 13.3 Å². The first-order valence-electron chi connectivity index (χ1n) is 9.35. The summed E-state index contributed by atoms with van der Waals surface area (Å²) in [5.74, 6) is 1.11. The maximum absolute atomic E-state index is 13.1. The van der Waals surface area contributed by atoms with Crippen molar-refractivity contribution in [2.75, 3.05) is 24.1 Å². The number of rotatable bonds is 4. The third kappa shape index (κ3) is 4.31. The van der Waals surface area contributed by atoms with E-state index in [4.69, 9.17) is 5.73 Å². The van der Waals surface area contributed by atoms with E-state index in [1.165, 1.54) is 12.1 Å². The molecule has 0 saturated carbocycles. The SMILES string of the molecule is Cc1ccnc(CC2CN(C(=O)Nc3nc(-c4ccc(F)cc4)ccc3N)C2)n1. The summed E-state index contributed by atoms with van der Waals surface area (Å²) in [4.78, 5) is 27.3. The van der Waals surface area contributed by atoms with E-state index in [0.717, 1.165) is 23.5 Å². The van der Waals surface area contributed by atoms with Crippen LogP contribution in [-0.2, 0) is 6.42 Å². The van der Waals surface area contributed by atoms with E-state index in [9.17, 15) is 9.18 Å². The average Bonchev–Trinajstić information content (AvgIpc) is 2.67. The van der Waals surface area contributed by atoms with Crippen molar-refractivity contribution in [3.8, 4) is 11.3 Å². The number of hydrogen-bond acceptors (Lipinski definition) is 5. The van der Waals surface area contributed by atoms with Gasteiger partial charge in [0, 0.05) is 42.9 Å². The molecule has 29 heavy (non-hydrogen) atoms. The second-order valence-electron chi connectivity index (χ2n) is 7.16. The van der Waals surface area contributed by atoms with E-state index in [0.29, 0.717) is 36.2 Å². The zero-order chi connectivity index (χ0) is 20.4. The van der Waals surface area contributed by atoms with Crippen molar-refractivity contribution in [2.24, 2.45) is 5.92 Å². The fourth-order valence-corrected chi connectivity index (χ4v) is 3.25. The Morgan fingerprint density at radius 2 is 1.93 bits per heavy atom. The van der Waals surface area contributed by atoms with Gasteiger partial charge in [0.05, 0.1) is 11.4 Å². The lowest BCUT2D eigenvalue weighted by Crippen LogP contribution is -2.52. The molecule has 2 amide bonds. The monoisotopic (exact) mass is 392 g/mol. The van der Waals surface area contributed by atoms with E-state index in [2.05, 4.69) is 20.3 Å². The number of amides is 2. The van der Waals surface area contributed by atoms with Crippen LogP contribution >= 0.6 is 0 Å². The summed E-state index contributed by atoms with van der Waals surface area (Å²) in [6, 6.07) is 11.0. The number of nitrogens with zero attached hydrogens (tertiary/aromatic N) is 4. The van der Waals surface area contributed by atoms with Crippen molar-refractivity contribution in [1.82, 2.24) is 19.9 Å². The molecule has 1 saturated heterocycles. The number of likely N-dealkylation sites (tertiary alicyclic amines) is 1. The molecule has 7 nitrogen and oxygen atoms in total. The van der Waals surface area contributed by atoms with Crippen molar-refractivity contribution in [3.63, 3.8) is 0 Å². The van der Waals surface area contributed by atoms with Gasteiger partial charge in [-0.15, -0.1) is 0 Å². The lowest BCUT2D eigenvalue weighted by Gasteiger charge is -2.38. The highest BCUT2D eigenvalue weighted by molar-refractivity contribution is 5.92. The molecule has 4 rings (SSSR count). The number of aromatic nitrogens is 3. The topological polar surface area (TPSA) is 97.0 Å².